The molecule has 1 fully saturated rings. The Bertz CT molecular complexity index is 516. The molecule has 6 N–H and O–H groups in total. The van der Waals surface area contributed by atoms with E-state index >= 15 is 0 Å². The van der Waals surface area contributed by atoms with Crippen LogP contribution in [0.2, 0.25) is 0 Å². The number of aliphatic hydroxyl groups excluding tert-OH is 4. The molecule has 0 aliphatic carbocycles. The van der Waals surface area contributed by atoms with Crippen molar-refractivity contribution >= 4 is 0 Å². The lowest BCUT2D eigenvalue weighted by atomic mass is 10.1. The van der Waals surface area contributed by atoms with Crippen LogP contribution in [0.3, 0.4) is 0 Å². The highest BCUT2D eigenvalue weighted by Gasteiger charge is 2.41. The fourth-order valence-corrected chi connectivity index (χ4v) is 1.27. The molecule has 1 unspecified atom stereocenters. The average molecular weight is 280 g/mol. The summed E-state index contributed by atoms with van der Waals surface area (Å²) in [5, 5.41) is 35.0. The van der Waals surface area contributed by atoms with Gasteiger partial charge in [-0.05, 0) is 0 Å². The van der Waals surface area contributed by atoms with E-state index in [1.54, 1.807) is 4.98 Å². The number of rotatable bonds is 1. The Balaban J connectivity index is 0.000000191. The lowest BCUT2D eigenvalue weighted by Crippen LogP contribution is -2.33. The maximum Gasteiger partial charge on any atom is 0.325 e. The van der Waals surface area contributed by atoms with Crippen LogP contribution >= 0.6 is 0 Å². The van der Waals surface area contributed by atoms with Gasteiger partial charge >= 0.3 is 5.69 Å². The van der Waals surface area contributed by atoms with E-state index in [9.17, 15) is 14.0 Å². The maximum absolute atomic E-state index is 12.0. The lowest BCUT2D eigenvalue weighted by molar-refractivity contribution is -0.132. The fraction of sp³-hybridized carbons (Fsp3) is 0.556. The molecule has 1 aliphatic heterocycles. The van der Waals surface area contributed by atoms with Gasteiger partial charge in [-0.1, -0.05) is 0 Å². The minimum Gasteiger partial charge on any atom is -0.394 e. The van der Waals surface area contributed by atoms with Crippen molar-refractivity contribution in [1.82, 2.24) is 9.97 Å². The van der Waals surface area contributed by atoms with E-state index < -0.39 is 48.3 Å². The van der Waals surface area contributed by atoms with Crippen molar-refractivity contribution in [3.8, 4) is 0 Å². The molecule has 0 amide bonds. The molecule has 0 saturated carbocycles. The zero-order chi connectivity index (χ0) is 14.6. The molecule has 9 nitrogen and oxygen atoms in total. The molecule has 19 heavy (non-hydrogen) atoms. The van der Waals surface area contributed by atoms with E-state index in [4.69, 9.17) is 20.4 Å². The van der Waals surface area contributed by atoms with Gasteiger partial charge in [-0.2, -0.15) is 4.39 Å². The Morgan fingerprint density at radius 2 is 1.89 bits per heavy atom. The Kier molecular flexibility index (Phi) is 5.32. The Labute approximate surface area is 104 Å². The zero-order valence-electron chi connectivity index (χ0n) is 9.49. The van der Waals surface area contributed by atoms with E-state index in [1.165, 1.54) is 0 Å². The molecule has 1 saturated heterocycles. The summed E-state index contributed by atoms with van der Waals surface area (Å²) >= 11 is 0. The van der Waals surface area contributed by atoms with Crippen LogP contribution in [-0.4, -0.2) is 61.6 Å². The van der Waals surface area contributed by atoms with Gasteiger partial charge in [0, 0.05) is 6.20 Å². The van der Waals surface area contributed by atoms with Crippen molar-refractivity contribution in [3.05, 3.63) is 32.9 Å². The molecule has 0 radical (unpaired) electrons. The smallest absolute Gasteiger partial charge is 0.325 e. The first kappa shape index (κ1) is 15.5. The Hall–Kier alpha value is -1.59. The van der Waals surface area contributed by atoms with E-state index in [-0.39, 0.29) is 0 Å². The van der Waals surface area contributed by atoms with Crippen molar-refractivity contribution in [3.63, 3.8) is 0 Å². The topological polar surface area (TPSA) is 156 Å². The number of H-pyrrole nitrogens is 2. The third-order valence-electron chi connectivity index (χ3n) is 2.29. The number of aromatic nitrogens is 2. The second-order valence-corrected chi connectivity index (χ2v) is 3.65. The Morgan fingerprint density at radius 3 is 2.21 bits per heavy atom. The first-order chi connectivity index (χ1) is 8.86. The summed E-state index contributed by atoms with van der Waals surface area (Å²) in [5.74, 6) is -0.991. The van der Waals surface area contributed by atoms with Crippen LogP contribution in [0, 0.1) is 5.82 Å². The van der Waals surface area contributed by atoms with E-state index in [0.717, 1.165) is 0 Å². The monoisotopic (exact) mass is 280 g/mol. The van der Waals surface area contributed by atoms with E-state index in [0.29, 0.717) is 6.20 Å². The summed E-state index contributed by atoms with van der Waals surface area (Å²) in [6, 6.07) is 0. The maximum atomic E-state index is 12.0. The first-order valence-corrected chi connectivity index (χ1v) is 5.15. The average Bonchev–Trinajstić information content (AvgIpc) is 2.62. The van der Waals surface area contributed by atoms with Gasteiger partial charge in [0.15, 0.2) is 6.29 Å². The summed E-state index contributed by atoms with van der Waals surface area (Å²) in [4.78, 5) is 24.0. The van der Waals surface area contributed by atoms with Gasteiger partial charge in [0.25, 0.3) is 5.56 Å². The molecule has 1 aromatic heterocycles. The second kappa shape index (κ2) is 6.54. The summed E-state index contributed by atoms with van der Waals surface area (Å²) in [6.07, 6.45) is -4.05. The molecule has 108 valence electrons. The summed E-state index contributed by atoms with van der Waals surface area (Å²) < 4.78 is 16.5. The number of ether oxygens (including phenoxy) is 1. The lowest BCUT2D eigenvalue weighted by Gasteiger charge is -2.09. The SMILES string of the molecule is O=c1[nH]cc(F)c(=O)[nH]1.OC[C@H]1OC(O)[C@@H](O)[C@@H]1O. The standard InChI is InChI=1S/C5H10O5.C4H3FN2O2/c6-1-2-3(7)4(8)5(9)10-2;5-2-1-6-4(9)7-3(2)8/h2-9H,1H2;1H,(H2,6,7,8,9)/t2-,3-,4+,5?;/m1./s1. The molecule has 0 spiro atoms. The minimum absolute atomic E-state index is 0.407. The van der Waals surface area contributed by atoms with Crippen LogP contribution in [0.4, 0.5) is 4.39 Å². The van der Waals surface area contributed by atoms with Gasteiger partial charge in [-0.3, -0.25) is 9.78 Å². The molecular weight excluding hydrogens is 267 g/mol. The number of hydrogen-bond acceptors (Lipinski definition) is 7. The van der Waals surface area contributed by atoms with Gasteiger partial charge in [-0.25, -0.2) is 4.79 Å². The van der Waals surface area contributed by atoms with E-state index in [2.05, 4.69) is 4.74 Å². The van der Waals surface area contributed by atoms with Crippen molar-refractivity contribution < 1.29 is 29.6 Å². The zero-order valence-corrected chi connectivity index (χ0v) is 9.49. The van der Waals surface area contributed by atoms with Crippen molar-refractivity contribution in [2.45, 2.75) is 24.6 Å². The van der Waals surface area contributed by atoms with Crippen LogP contribution in [-0.2, 0) is 4.74 Å². The third-order valence-corrected chi connectivity index (χ3v) is 2.29. The predicted octanol–water partition coefficient (Wildman–Crippen LogP) is -3.38. The van der Waals surface area contributed by atoms with Gasteiger partial charge in [0.1, 0.15) is 18.3 Å². The van der Waals surface area contributed by atoms with Crippen LogP contribution < -0.4 is 11.2 Å². The molecule has 2 heterocycles. The van der Waals surface area contributed by atoms with Crippen molar-refractivity contribution in [2.75, 3.05) is 6.61 Å². The highest BCUT2D eigenvalue weighted by atomic mass is 19.1. The van der Waals surface area contributed by atoms with E-state index in [1.807, 2.05) is 4.98 Å². The van der Waals surface area contributed by atoms with Crippen molar-refractivity contribution in [1.29, 1.82) is 0 Å². The number of hydrogen-bond donors (Lipinski definition) is 6. The number of aliphatic hydroxyl groups is 4. The first-order valence-electron chi connectivity index (χ1n) is 5.15. The number of halogens is 1. The summed E-state index contributed by atoms with van der Waals surface area (Å²) in [7, 11) is 0. The van der Waals surface area contributed by atoms with Gasteiger partial charge < -0.3 is 30.1 Å². The molecule has 0 bridgehead atoms. The van der Waals surface area contributed by atoms with Crippen LogP contribution in [0.15, 0.2) is 15.8 Å². The molecule has 2 rings (SSSR count). The molecule has 4 atom stereocenters. The normalized spacial score (nSPS) is 29.7. The summed E-state index contributed by atoms with van der Waals surface area (Å²) in [5.41, 5.74) is -1.71. The quantitative estimate of drug-likeness (QED) is 0.313. The summed E-state index contributed by atoms with van der Waals surface area (Å²) in [6.45, 7) is -0.407. The molecule has 1 aromatic rings. The number of aromatic amines is 2. The third kappa shape index (κ3) is 3.94. The highest BCUT2D eigenvalue weighted by Crippen LogP contribution is 2.18. The van der Waals surface area contributed by atoms with Gasteiger partial charge in [-0.15, -0.1) is 0 Å². The van der Waals surface area contributed by atoms with Crippen LogP contribution in [0.5, 0.6) is 0 Å². The second-order valence-electron chi connectivity index (χ2n) is 3.65. The van der Waals surface area contributed by atoms with Crippen LogP contribution in [0.1, 0.15) is 0 Å². The molecule has 1 aliphatic rings. The molecule has 0 aromatic carbocycles. The molecular formula is C9H13FN2O7. The van der Waals surface area contributed by atoms with Gasteiger partial charge in [0.05, 0.1) is 6.61 Å². The van der Waals surface area contributed by atoms with Crippen molar-refractivity contribution in [2.24, 2.45) is 0 Å². The Morgan fingerprint density at radius 1 is 1.26 bits per heavy atom. The number of nitrogens with one attached hydrogen (secondary N) is 2. The van der Waals surface area contributed by atoms with Gasteiger partial charge in [0.2, 0.25) is 5.82 Å². The largest absolute Gasteiger partial charge is 0.394 e. The molecule has 10 heteroatoms. The fourth-order valence-electron chi connectivity index (χ4n) is 1.27. The van der Waals surface area contributed by atoms with Crippen LogP contribution in [0.25, 0.3) is 0 Å². The highest BCUT2D eigenvalue weighted by molar-refractivity contribution is 4.85. The minimum atomic E-state index is -1.38. The predicted molar refractivity (Wildman–Crippen MR) is 57.6 cm³/mol.